The fourth-order valence-electron chi connectivity index (χ4n) is 4.92. The van der Waals surface area contributed by atoms with Crippen molar-refractivity contribution in [3.8, 4) is 0 Å². The van der Waals surface area contributed by atoms with E-state index in [2.05, 4.69) is 14.9 Å². The molecule has 1 unspecified atom stereocenters. The minimum Gasteiger partial charge on any atom is -0.421 e. The van der Waals surface area contributed by atoms with Crippen LogP contribution in [0.1, 0.15) is 36.9 Å². The lowest BCUT2D eigenvalue weighted by atomic mass is 9.90. The van der Waals surface area contributed by atoms with Crippen molar-refractivity contribution in [1.82, 2.24) is 14.9 Å². The van der Waals surface area contributed by atoms with Gasteiger partial charge in [-0.15, -0.1) is 0 Å². The molecule has 5 rings (SSSR count). The maximum Gasteiger partial charge on any atom is 0.293 e. The first-order chi connectivity index (χ1) is 14.9. The van der Waals surface area contributed by atoms with Crippen molar-refractivity contribution in [2.24, 2.45) is 5.92 Å². The number of pyridine rings is 1. The number of fused-ring (bicyclic) bond motifs is 2. The third kappa shape index (κ3) is 3.59. The van der Waals surface area contributed by atoms with Crippen molar-refractivity contribution in [3.63, 3.8) is 0 Å². The van der Waals surface area contributed by atoms with Gasteiger partial charge >= 0.3 is 0 Å². The van der Waals surface area contributed by atoms with Crippen molar-refractivity contribution >= 4 is 51.9 Å². The molecule has 0 radical (unpaired) electrons. The zero-order valence-corrected chi connectivity index (χ0v) is 18.7. The molecule has 0 saturated carbocycles. The maximum absolute atomic E-state index is 13.6. The van der Waals surface area contributed by atoms with Crippen LogP contribution in [0, 0.1) is 5.92 Å². The maximum atomic E-state index is 13.6. The Kier molecular flexibility index (Phi) is 5.18. The first-order valence-corrected chi connectivity index (χ1v) is 11.2. The Morgan fingerprint density at radius 2 is 2.10 bits per heavy atom. The van der Waals surface area contributed by atoms with E-state index in [4.69, 9.17) is 33.4 Å². The Morgan fingerprint density at radius 1 is 1.26 bits per heavy atom. The molecular weight excluding hydrogens is 437 g/mol. The van der Waals surface area contributed by atoms with Gasteiger partial charge in [0.2, 0.25) is 5.91 Å². The minimum atomic E-state index is -0.112. The van der Waals surface area contributed by atoms with Crippen LogP contribution in [0.15, 0.2) is 28.9 Å². The van der Waals surface area contributed by atoms with Gasteiger partial charge in [-0.2, -0.15) is 4.98 Å². The van der Waals surface area contributed by atoms with Crippen molar-refractivity contribution in [3.05, 3.63) is 45.7 Å². The number of aromatic nitrogens is 2. The van der Waals surface area contributed by atoms with Gasteiger partial charge in [-0.25, -0.2) is 0 Å². The second-order valence-corrected chi connectivity index (χ2v) is 9.11. The molecule has 4 heterocycles. The van der Waals surface area contributed by atoms with Crippen LogP contribution in [-0.4, -0.2) is 40.4 Å². The number of amides is 1. The molecule has 9 heteroatoms. The third-order valence-corrected chi connectivity index (χ3v) is 6.91. The normalized spacial score (nSPS) is 21.4. The molecule has 0 bridgehead atoms. The molecule has 7 nitrogen and oxygen atoms in total. The van der Waals surface area contributed by atoms with Crippen molar-refractivity contribution in [1.29, 1.82) is 0 Å². The van der Waals surface area contributed by atoms with Crippen LogP contribution in [-0.2, 0) is 11.2 Å². The summed E-state index contributed by atoms with van der Waals surface area (Å²) in [5.74, 6) is 0.0467. The molecule has 2 atom stereocenters. The topological polar surface area (TPSA) is 88.5 Å². The number of carbonyl (C=O) groups excluding carboxylic acids is 1. The van der Waals surface area contributed by atoms with E-state index in [1.165, 1.54) is 0 Å². The largest absolute Gasteiger partial charge is 0.421 e. The average Bonchev–Trinajstić information content (AvgIpc) is 3.13. The lowest BCUT2D eigenvalue weighted by molar-refractivity contribution is -0.138. The molecule has 0 aliphatic carbocycles. The van der Waals surface area contributed by atoms with Crippen LogP contribution in [0.5, 0.6) is 0 Å². The lowest BCUT2D eigenvalue weighted by Gasteiger charge is -2.40. The van der Waals surface area contributed by atoms with E-state index >= 15 is 0 Å². The molecule has 2 aliphatic rings. The molecule has 2 aliphatic heterocycles. The highest BCUT2D eigenvalue weighted by atomic mass is 35.5. The van der Waals surface area contributed by atoms with Crippen LogP contribution in [0.4, 0.5) is 11.7 Å². The van der Waals surface area contributed by atoms with Crippen LogP contribution >= 0.6 is 23.2 Å². The molecule has 0 spiro atoms. The molecule has 1 fully saturated rings. The second kappa shape index (κ2) is 7.88. The summed E-state index contributed by atoms with van der Waals surface area (Å²) in [6, 6.07) is 3.74. The average molecular weight is 460 g/mol. The van der Waals surface area contributed by atoms with Gasteiger partial charge in [-0.1, -0.05) is 23.2 Å². The molecular formula is C22H23Cl2N5O2. The number of nitrogens with zero attached hydrogens (tertiary/aromatic N) is 4. The van der Waals surface area contributed by atoms with E-state index in [0.717, 1.165) is 42.6 Å². The number of hydrogen-bond donors (Lipinski definition) is 1. The van der Waals surface area contributed by atoms with Crippen molar-refractivity contribution < 1.29 is 9.21 Å². The summed E-state index contributed by atoms with van der Waals surface area (Å²) in [5.41, 5.74) is 9.93. The van der Waals surface area contributed by atoms with Crippen LogP contribution in [0.2, 0.25) is 10.0 Å². The Hall–Kier alpha value is -2.51. The Morgan fingerprint density at radius 3 is 2.94 bits per heavy atom. The number of oxazole rings is 1. The number of carbonyl (C=O) groups is 1. The summed E-state index contributed by atoms with van der Waals surface area (Å²) in [6.45, 7) is 4.13. The number of anilines is 2. The molecule has 1 aromatic carbocycles. The lowest BCUT2D eigenvalue weighted by Crippen LogP contribution is -2.47. The second-order valence-electron chi connectivity index (χ2n) is 8.26. The standard InChI is InChI=1S/C22H23Cl2N5O2/c1-12-19-13(7-15(23)8-16(19)24)4-6-29(12)21(30)14-3-2-5-28(11-14)18-10-26-9-17-20(18)31-22(25)27-17/h7-10,12,14H,2-6,11H2,1H3,(H2,25,27)/t12?,14-/m1/s1. The highest BCUT2D eigenvalue weighted by molar-refractivity contribution is 6.35. The number of piperidine rings is 1. The fourth-order valence-corrected chi connectivity index (χ4v) is 5.61. The SMILES string of the molecule is CC1c2c(Cl)cc(Cl)cc2CCN1C(=O)[C@@H]1CCCN(c2cncc3nc(N)oc23)C1. The van der Waals surface area contributed by atoms with Gasteiger partial charge in [0.15, 0.2) is 5.58 Å². The molecule has 2 N–H and O–H groups in total. The highest BCUT2D eigenvalue weighted by Gasteiger charge is 2.36. The smallest absolute Gasteiger partial charge is 0.293 e. The first-order valence-electron chi connectivity index (χ1n) is 10.5. The quantitative estimate of drug-likeness (QED) is 0.607. The van der Waals surface area contributed by atoms with Crippen molar-refractivity contribution in [2.45, 2.75) is 32.2 Å². The molecule has 1 amide bonds. The van der Waals surface area contributed by atoms with Gasteiger partial charge in [0, 0.05) is 29.7 Å². The number of benzene rings is 1. The van der Waals surface area contributed by atoms with Crippen LogP contribution < -0.4 is 10.6 Å². The highest BCUT2D eigenvalue weighted by Crippen LogP contribution is 2.38. The Balaban J connectivity index is 1.38. The summed E-state index contributed by atoms with van der Waals surface area (Å²) in [5, 5.41) is 1.26. The van der Waals surface area contributed by atoms with Gasteiger partial charge < -0.3 is 20.0 Å². The summed E-state index contributed by atoms with van der Waals surface area (Å²) in [4.78, 5) is 26.1. The molecule has 162 valence electrons. The predicted octanol–water partition coefficient (Wildman–Crippen LogP) is 4.47. The zero-order valence-electron chi connectivity index (χ0n) is 17.1. The van der Waals surface area contributed by atoms with E-state index in [9.17, 15) is 4.79 Å². The van der Waals surface area contributed by atoms with E-state index in [-0.39, 0.29) is 23.9 Å². The summed E-state index contributed by atoms with van der Waals surface area (Å²) >= 11 is 12.7. The van der Waals surface area contributed by atoms with E-state index in [0.29, 0.717) is 34.2 Å². The fraction of sp³-hybridized carbons (Fsp3) is 0.409. The molecule has 3 aromatic rings. The number of nitrogens with two attached hydrogens (primary N) is 1. The van der Waals surface area contributed by atoms with E-state index < -0.39 is 0 Å². The number of halogens is 2. The summed E-state index contributed by atoms with van der Waals surface area (Å²) < 4.78 is 5.61. The predicted molar refractivity (Wildman–Crippen MR) is 121 cm³/mol. The third-order valence-electron chi connectivity index (χ3n) is 6.38. The van der Waals surface area contributed by atoms with Gasteiger partial charge in [-0.05, 0) is 49.4 Å². The van der Waals surface area contributed by atoms with Crippen LogP contribution in [0.25, 0.3) is 11.1 Å². The van der Waals surface area contributed by atoms with Gasteiger partial charge in [0.05, 0.1) is 24.4 Å². The van der Waals surface area contributed by atoms with Gasteiger partial charge in [-0.3, -0.25) is 9.78 Å². The number of hydrogen-bond acceptors (Lipinski definition) is 6. The van der Waals surface area contributed by atoms with E-state index in [1.807, 2.05) is 17.9 Å². The monoisotopic (exact) mass is 459 g/mol. The summed E-state index contributed by atoms with van der Waals surface area (Å²) in [7, 11) is 0. The number of rotatable bonds is 2. The zero-order chi connectivity index (χ0) is 21.7. The Bertz CT molecular complexity index is 1160. The molecule has 2 aromatic heterocycles. The summed E-state index contributed by atoms with van der Waals surface area (Å²) in [6.07, 6.45) is 5.90. The Labute approximate surface area is 190 Å². The van der Waals surface area contributed by atoms with E-state index in [1.54, 1.807) is 18.5 Å². The molecule has 1 saturated heterocycles. The number of nitrogen functional groups attached to an aromatic ring is 1. The van der Waals surface area contributed by atoms with Crippen molar-refractivity contribution in [2.75, 3.05) is 30.3 Å². The van der Waals surface area contributed by atoms with Crippen LogP contribution in [0.3, 0.4) is 0 Å². The minimum absolute atomic E-state index is 0.0874. The van der Waals surface area contributed by atoms with Gasteiger partial charge in [0.1, 0.15) is 11.2 Å². The molecule has 31 heavy (non-hydrogen) atoms. The first kappa shape index (κ1) is 20.4. The van der Waals surface area contributed by atoms with Gasteiger partial charge in [0.25, 0.3) is 6.01 Å².